The third-order valence-electron chi connectivity index (χ3n) is 6.64. The summed E-state index contributed by atoms with van der Waals surface area (Å²) in [4.78, 5) is 25.1. The maximum atomic E-state index is 13.9. The van der Waals surface area contributed by atoms with Gasteiger partial charge in [0.15, 0.2) is 11.5 Å². The van der Waals surface area contributed by atoms with Crippen molar-refractivity contribution in [3.8, 4) is 0 Å². The molecular formula is C24H34N6O3. The number of nitrogens with zero attached hydrogens (tertiary/aromatic N) is 4. The standard InChI is InChI=1S/C24H34N6O3/c1-14(2)11-30(20-6-18(8-25-10-20)23-27-15(3)29-33-23)24(31)22-21(28-19-12-32-13-19)7-17(9-26-22)16-4-5-16/h7,9,14,16,18-20,25,28H,4-6,8,10-13H2,1-3H3/t18?,20-/m0/s1. The summed E-state index contributed by atoms with van der Waals surface area (Å²) < 4.78 is 10.8. The molecule has 0 aromatic carbocycles. The molecule has 5 rings (SSSR count). The number of piperidine rings is 1. The second kappa shape index (κ2) is 9.38. The number of pyridine rings is 1. The molecule has 4 heterocycles. The van der Waals surface area contributed by atoms with Gasteiger partial charge in [-0.3, -0.25) is 4.79 Å². The van der Waals surface area contributed by atoms with Gasteiger partial charge in [0.05, 0.1) is 30.9 Å². The van der Waals surface area contributed by atoms with E-state index in [4.69, 9.17) is 14.2 Å². The Labute approximate surface area is 194 Å². The SMILES string of the molecule is Cc1noc(C2CNC[C@@H](N(CC(C)C)C(=O)c3ncc(C4CC4)cc3NC3COC3)C2)n1. The Hall–Kier alpha value is -2.52. The second-order valence-corrected chi connectivity index (χ2v) is 10.1. The van der Waals surface area contributed by atoms with Gasteiger partial charge in [0, 0.05) is 31.9 Å². The fraction of sp³-hybridized carbons (Fsp3) is 0.667. The van der Waals surface area contributed by atoms with Gasteiger partial charge < -0.3 is 24.8 Å². The molecule has 2 saturated heterocycles. The molecule has 1 unspecified atom stereocenters. The van der Waals surface area contributed by atoms with E-state index < -0.39 is 0 Å². The zero-order valence-corrected chi connectivity index (χ0v) is 19.7. The molecule has 2 aromatic rings. The van der Waals surface area contributed by atoms with Gasteiger partial charge in [-0.2, -0.15) is 4.98 Å². The minimum atomic E-state index is -0.0250. The third kappa shape index (κ3) is 5.04. The third-order valence-corrected chi connectivity index (χ3v) is 6.64. The van der Waals surface area contributed by atoms with E-state index >= 15 is 0 Å². The highest BCUT2D eigenvalue weighted by atomic mass is 16.5. The number of rotatable bonds is 8. The maximum absolute atomic E-state index is 13.9. The highest BCUT2D eigenvalue weighted by molar-refractivity contribution is 5.98. The summed E-state index contributed by atoms with van der Waals surface area (Å²) in [5.74, 6) is 2.25. The van der Waals surface area contributed by atoms with Gasteiger partial charge >= 0.3 is 0 Å². The second-order valence-electron chi connectivity index (χ2n) is 10.1. The first-order valence-corrected chi connectivity index (χ1v) is 12.1. The molecule has 0 radical (unpaired) electrons. The van der Waals surface area contributed by atoms with Gasteiger partial charge in [-0.1, -0.05) is 19.0 Å². The van der Waals surface area contributed by atoms with Crippen molar-refractivity contribution in [3.05, 3.63) is 35.2 Å². The molecule has 178 valence electrons. The molecular weight excluding hydrogens is 420 g/mol. The number of aryl methyl sites for hydroxylation is 1. The van der Waals surface area contributed by atoms with Gasteiger partial charge in [-0.05, 0) is 49.7 Å². The van der Waals surface area contributed by atoms with E-state index in [0.717, 1.165) is 25.2 Å². The van der Waals surface area contributed by atoms with E-state index in [2.05, 4.69) is 40.7 Å². The van der Waals surface area contributed by atoms with Crippen molar-refractivity contribution in [2.24, 2.45) is 5.92 Å². The topological polar surface area (TPSA) is 105 Å². The van der Waals surface area contributed by atoms with Crippen LogP contribution in [0.3, 0.4) is 0 Å². The zero-order chi connectivity index (χ0) is 22.9. The Morgan fingerprint density at radius 1 is 1.27 bits per heavy atom. The molecule has 0 spiro atoms. The Balaban J connectivity index is 1.40. The largest absolute Gasteiger partial charge is 0.377 e. The number of nitrogens with one attached hydrogen (secondary N) is 2. The van der Waals surface area contributed by atoms with Gasteiger partial charge in [-0.15, -0.1) is 0 Å². The number of carbonyl (C=O) groups excluding carboxylic acids is 1. The molecule has 33 heavy (non-hydrogen) atoms. The first-order valence-electron chi connectivity index (χ1n) is 12.1. The van der Waals surface area contributed by atoms with Gasteiger partial charge in [0.1, 0.15) is 0 Å². The van der Waals surface area contributed by atoms with E-state index in [1.165, 1.54) is 18.4 Å². The van der Waals surface area contributed by atoms with Crippen molar-refractivity contribution in [2.45, 2.75) is 64.0 Å². The fourth-order valence-corrected chi connectivity index (χ4v) is 4.69. The molecule has 2 N–H and O–H groups in total. The monoisotopic (exact) mass is 454 g/mol. The molecule has 1 amide bonds. The van der Waals surface area contributed by atoms with Crippen LogP contribution < -0.4 is 10.6 Å². The van der Waals surface area contributed by atoms with Crippen LogP contribution in [0.15, 0.2) is 16.8 Å². The predicted octanol–water partition coefficient (Wildman–Crippen LogP) is 2.71. The van der Waals surface area contributed by atoms with Gasteiger partial charge in [-0.25, -0.2) is 4.98 Å². The lowest BCUT2D eigenvalue weighted by Gasteiger charge is -2.38. The number of aromatic nitrogens is 3. The number of anilines is 1. The minimum absolute atomic E-state index is 0.0238. The molecule has 2 aromatic heterocycles. The Morgan fingerprint density at radius 2 is 2.09 bits per heavy atom. The Bertz CT molecular complexity index is 984. The molecule has 1 aliphatic carbocycles. The summed E-state index contributed by atoms with van der Waals surface area (Å²) >= 11 is 0. The lowest BCUT2D eigenvalue weighted by molar-refractivity contribution is 0.0210. The Kier molecular flexibility index (Phi) is 6.34. The summed E-state index contributed by atoms with van der Waals surface area (Å²) in [6.45, 7) is 9.61. The van der Waals surface area contributed by atoms with Crippen molar-refractivity contribution < 1.29 is 14.1 Å². The highest BCUT2D eigenvalue weighted by Gasteiger charge is 2.35. The van der Waals surface area contributed by atoms with Crippen LogP contribution in [0, 0.1) is 12.8 Å². The first kappa shape index (κ1) is 22.3. The van der Waals surface area contributed by atoms with Crippen LogP contribution in [0.1, 0.15) is 72.7 Å². The summed E-state index contributed by atoms with van der Waals surface area (Å²) in [6, 6.07) is 2.39. The van der Waals surface area contributed by atoms with Crippen LogP contribution in [0.5, 0.6) is 0 Å². The minimum Gasteiger partial charge on any atom is -0.377 e. The molecule has 0 bridgehead atoms. The summed E-state index contributed by atoms with van der Waals surface area (Å²) in [5, 5.41) is 10.9. The van der Waals surface area contributed by atoms with Crippen molar-refractivity contribution in [3.63, 3.8) is 0 Å². The molecule has 3 fully saturated rings. The van der Waals surface area contributed by atoms with Gasteiger partial charge in [0.2, 0.25) is 5.89 Å². The normalized spacial score (nSPS) is 23.4. The average Bonchev–Trinajstić information content (AvgIpc) is 3.54. The number of hydrogen-bond acceptors (Lipinski definition) is 8. The smallest absolute Gasteiger partial charge is 0.274 e. The molecule has 1 saturated carbocycles. The fourth-order valence-electron chi connectivity index (χ4n) is 4.69. The highest BCUT2D eigenvalue weighted by Crippen LogP contribution is 2.41. The lowest BCUT2D eigenvalue weighted by atomic mass is 9.93. The molecule has 2 aliphatic heterocycles. The van der Waals surface area contributed by atoms with Crippen LogP contribution in [-0.2, 0) is 4.74 Å². The van der Waals surface area contributed by atoms with E-state index in [1.54, 1.807) is 0 Å². The van der Waals surface area contributed by atoms with E-state index in [1.807, 2.05) is 18.0 Å². The van der Waals surface area contributed by atoms with E-state index in [-0.39, 0.29) is 23.9 Å². The van der Waals surface area contributed by atoms with Crippen molar-refractivity contribution >= 4 is 11.6 Å². The lowest BCUT2D eigenvalue weighted by Crippen LogP contribution is -2.52. The van der Waals surface area contributed by atoms with Gasteiger partial charge in [0.25, 0.3) is 5.91 Å². The van der Waals surface area contributed by atoms with Crippen LogP contribution in [0.2, 0.25) is 0 Å². The summed E-state index contributed by atoms with van der Waals surface area (Å²) in [7, 11) is 0. The van der Waals surface area contributed by atoms with Crippen molar-refractivity contribution in [2.75, 3.05) is 38.2 Å². The van der Waals surface area contributed by atoms with Crippen LogP contribution in [-0.4, -0.2) is 70.9 Å². The number of hydrogen-bond donors (Lipinski definition) is 2. The van der Waals surface area contributed by atoms with Crippen molar-refractivity contribution in [1.82, 2.24) is 25.3 Å². The first-order chi connectivity index (χ1) is 16.0. The Morgan fingerprint density at radius 3 is 2.73 bits per heavy atom. The zero-order valence-electron chi connectivity index (χ0n) is 19.7. The van der Waals surface area contributed by atoms with E-state index in [9.17, 15) is 4.79 Å². The number of amides is 1. The van der Waals surface area contributed by atoms with Crippen molar-refractivity contribution in [1.29, 1.82) is 0 Å². The number of ether oxygens (including phenoxy) is 1. The number of carbonyl (C=O) groups is 1. The molecule has 9 nitrogen and oxygen atoms in total. The predicted molar refractivity (Wildman–Crippen MR) is 123 cm³/mol. The molecule has 3 aliphatic rings. The quantitative estimate of drug-likeness (QED) is 0.627. The average molecular weight is 455 g/mol. The van der Waals surface area contributed by atoms with Crippen LogP contribution >= 0.6 is 0 Å². The van der Waals surface area contributed by atoms with Crippen LogP contribution in [0.25, 0.3) is 0 Å². The summed E-state index contributed by atoms with van der Waals surface area (Å²) in [5.41, 5.74) is 2.55. The maximum Gasteiger partial charge on any atom is 0.274 e. The summed E-state index contributed by atoms with van der Waals surface area (Å²) in [6.07, 6.45) is 5.08. The molecule has 9 heteroatoms. The van der Waals surface area contributed by atoms with Crippen LogP contribution in [0.4, 0.5) is 5.69 Å². The molecule has 2 atom stereocenters. The van der Waals surface area contributed by atoms with E-state index in [0.29, 0.717) is 49.0 Å².